The van der Waals surface area contributed by atoms with E-state index in [9.17, 15) is 9.90 Å². The zero-order valence-electron chi connectivity index (χ0n) is 15.4. The highest BCUT2D eigenvalue weighted by Gasteiger charge is 2.37. The number of hydrogen-bond donors (Lipinski definition) is 1. The number of hydrogen-bond acceptors (Lipinski definition) is 3. The molecule has 0 radical (unpaired) electrons. The van der Waals surface area contributed by atoms with Crippen molar-refractivity contribution < 1.29 is 14.6 Å². The number of aliphatic hydroxyl groups excluding tert-OH is 1. The zero-order chi connectivity index (χ0) is 16.9. The summed E-state index contributed by atoms with van der Waals surface area (Å²) in [7, 11) is 1.45. The van der Waals surface area contributed by atoms with Crippen molar-refractivity contribution in [1.82, 2.24) is 0 Å². The molecule has 0 aromatic rings. The highest BCUT2D eigenvalue weighted by Crippen LogP contribution is 2.45. The fourth-order valence-electron chi connectivity index (χ4n) is 3.53. The van der Waals surface area contributed by atoms with Gasteiger partial charge in [-0.1, -0.05) is 64.7 Å². The molecule has 1 fully saturated rings. The second kappa shape index (κ2) is 12.8. The first-order valence-electron chi connectivity index (χ1n) is 9.92. The molecule has 0 aromatic heterocycles. The summed E-state index contributed by atoms with van der Waals surface area (Å²) in [4.78, 5) is 11.0. The number of aliphatic hydroxyl groups is 1. The molecule has 3 atom stereocenters. The number of unbranched alkanes of at least 4 members (excludes halogenated alkanes) is 7. The van der Waals surface area contributed by atoms with E-state index in [1.54, 1.807) is 0 Å². The quantitative estimate of drug-likeness (QED) is 0.330. The smallest absolute Gasteiger partial charge is 0.305 e. The lowest BCUT2D eigenvalue weighted by atomic mass is 10.0. The van der Waals surface area contributed by atoms with Crippen LogP contribution in [0.5, 0.6) is 0 Å². The summed E-state index contributed by atoms with van der Waals surface area (Å²) >= 11 is 0. The first-order chi connectivity index (χ1) is 11.2. The lowest BCUT2D eigenvalue weighted by Gasteiger charge is -2.10. The van der Waals surface area contributed by atoms with Gasteiger partial charge in [-0.05, 0) is 37.5 Å². The summed E-state index contributed by atoms with van der Waals surface area (Å²) in [6.07, 6.45) is 16.2. The summed E-state index contributed by atoms with van der Waals surface area (Å²) in [6, 6.07) is 0. The summed E-state index contributed by atoms with van der Waals surface area (Å²) in [5.74, 6) is 1.60. The monoisotopic (exact) mass is 326 g/mol. The molecule has 2 unspecified atom stereocenters. The number of methoxy groups -OCH3 is 1. The van der Waals surface area contributed by atoms with Crippen LogP contribution in [0.15, 0.2) is 0 Å². The average molecular weight is 327 g/mol. The topological polar surface area (TPSA) is 46.5 Å². The number of ether oxygens (including phenoxy) is 1. The summed E-state index contributed by atoms with van der Waals surface area (Å²) < 4.78 is 4.64. The molecular weight excluding hydrogens is 288 g/mol. The van der Waals surface area contributed by atoms with Crippen LogP contribution in [0.4, 0.5) is 0 Å². The Morgan fingerprint density at radius 3 is 2.48 bits per heavy atom. The van der Waals surface area contributed by atoms with E-state index in [0.29, 0.717) is 6.42 Å². The minimum Gasteiger partial charge on any atom is -0.469 e. The number of carbonyl (C=O) groups is 1. The van der Waals surface area contributed by atoms with Crippen LogP contribution in [0.25, 0.3) is 0 Å². The highest BCUT2D eigenvalue weighted by atomic mass is 16.5. The Balaban J connectivity index is 1.86. The molecule has 3 heteroatoms. The maximum Gasteiger partial charge on any atom is 0.305 e. The number of carbonyl (C=O) groups excluding carboxylic acids is 1. The van der Waals surface area contributed by atoms with Gasteiger partial charge in [-0.15, -0.1) is 0 Å². The van der Waals surface area contributed by atoms with Crippen molar-refractivity contribution >= 4 is 5.97 Å². The van der Waals surface area contributed by atoms with Crippen LogP contribution in [0.2, 0.25) is 0 Å². The molecule has 1 rings (SSSR count). The maximum absolute atomic E-state index is 11.0. The molecule has 3 nitrogen and oxygen atoms in total. The Bertz CT molecular complexity index is 303. The van der Waals surface area contributed by atoms with Gasteiger partial charge in [-0.25, -0.2) is 0 Å². The Morgan fingerprint density at radius 2 is 1.74 bits per heavy atom. The lowest BCUT2D eigenvalue weighted by Crippen LogP contribution is -2.07. The van der Waals surface area contributed by atoms with Gasteiger partial charge in [0.1, 0.15) is 0 Å². The Kier molecular flexibility index (Phi) is 11.4. The van der Waals surface area contributed by atoms with E-state index in [2.05, 4.69) is 11.7 Å². The van der Waals surface area contributed by atoms with Crippen molar-refractivity contribution in [2.24, 2.45) is 11.8 Å². The van der Waals surface area contributed by atoms with Crippen molar-refractivity contribution in [3.05, 3.63) is 0 Å². The molecule has 0 heterocycles. The first kappa shape index (κ1) is 20.5. The number of esters is 1. The largest absolute Gasteiger partial charge is 0.469 e. The van der Waals surface area contributed by atoms with Gasteiger partial charge in [-0.3, -0.25) is 4.79 Å². The predicted octanol–water partition coefficient (Wildman–Crippen LogP) is 5.25. The van der Waals surface area contributed by atoms with Crippen molar-refractivity contribution in [3.8, 4) is 0 Å². The molecular formula is C20H38O3. The van der Waals surface area contributed by atoms with Gasteiger partial charge >= 0.3 is 5.97 Å². The summed E-state index contributed by atoms with van der Waals surface area (Å²) in [5, 5.41) is 10.1. The van der Waals surface area contributed by atoms with Crippen molar-refractivity contribution in [1.29, 1.82) is 0 Å². The van der Waals surface area contributed by atoms with Crippen LogP contribution in [0.1, 0.15) is 96.8 Å². The van der Waals surface area contributed by atoms with E-state index in [0.717, 1.165) is 37.5 Å². The molecule has 0 aromatic carbocycles. The normalized spacial score (nSPS) is 21.2. The van der Waals surface area contributed by atoms with Gasteiger partial charge in [0.25, 0.3) is 0 Å². The maximum atomic E-state index is 11.0. The van der Waals surface area contributed by atoms with Crippen LogP contribution in [0, 0.1) is 11.8 Å². The van der Waals surface area contributed by atoms with Crippen LogP contribution in [0.3, 0.4) is 0 Å². The van der Waals surface area contributed by atoms with Crippen LogP contribution in [-0.2, 0) is 9.53 Å². The van der Waals surface area contributed by atoms with Gasteiger partial charge < -0.3 is 9.84 Å². The Hall–Kier alpha value is -0.570. The van der Waals surface area contributed by atoms with Crippen molar-refractivity contribution in [2.45, 2.75) is 103 Å². The standard InChI is InChI=1S/C20H38O3/c1-3-4-5-10-13-19(21)16-18-15-17(18)12-9-7-6-8-11-14-20(22)23-2/h17-19,21H,3-16H2,1-2H3/t17?,18?,19-/m1/s1. The van der Waals surface area contributed by atoms with Crippen LogP contribution < -0.4 is 0 Å². The SMILES string of the molecule is CCCCCC[C@@H](O)CC1CC1CCCCCCCC(=O)OC. The highest BCUT2D eigenvalue weighted by molar-refractivity contribution is 5.68. The van der Waals surface area contributed by atoms with Gasteiger partial charge in [0.05, 0.1) is 13.2 Å². The van der Waals surface area contributed by atoms with Crippen molar-refractivity contribution in [3.63, 3.8) is 0 Å². The molecule has 0 saturated heterocycles. The summed E-state index contributed by atoms with van der Waals surface area (Å²) in [6.45, 7) is 2.23. The molecule has 1 aliphatic rings. The van der Waals surface area contributed by atoms with E-state index in [1.165, 1.54) is 64.9 Å². The van der Waals surface area contributed by atoms with Gasteiger partial charge in [0.2, 0.25) is 0 Å². The lowest BCUT2D eigenvalue weighted by molar-refractivity contribution is -0.140. The minimum absolute atomic E-state index is 0.0554. The molecule has 0 spiro atoms. The third-order valence-electron chi connectivity index (χ3n) is 5.22. The molecule has 1 aliphatic carbocycles. The van der Waals surface area contributed by atoms with Crippen molar-refractivity contribution in [2.75, 3.05) is 7.11 Å². The second-order valence-corrected chi connectivity index (χ2v) is 7.38. The third kappa shape index (κ3) is 10.8. The molecule has 136 valence electrons. The van der Waals surface area contributed by atoms with E-state index < -0.39 is 0 Å². The third-order valence-corrected chi connectivity index (χ3v) is 5.22. The van der Waals surface area contributed by atoms with E-state index in [-0.39, 0.29) is 12.1 Å². The minimum atomic E-state index is -0.0842. The van der Waals surface area contributed by atoms with E-state index >= 15 is 0 Å². The van der Waals surface area contributed by atoms with Crippen LogP contribution >= 0.6 is 0 Å². The molecule has 1 saturated carbocycles. The molecule has 0 bridgehead atoms. The first-order valence-corrected chi connectivity index (χ1v) is 9.92. The average Bonchev–Trinajstić information content (AvgIpc) is 3.28. The zero-order valence-corrected chi connectivity index (χ0v) is 15.4. The van der Waals surface area contributed by atoms with Crippen LogP contribution in [-0.4, -0.2) is 24.3 Å². The Morgan fingerprint density at radius 1 is 1.04 bits per heavy atom. The fourth-order valence-corrected chi connectivity index (χ4v) is 3.53. The Labute approximate surface area is 143 Å². The molecule has 1 N–H and O–H groups in total. The second-order valence-electron chi connectivity index (χ2n) is 7.38. The van der Waals surface area contributed by atoms with E-state index in [4.69, 9.17) is 0 Å². The molecule has 0 amide bonds. The molecule has 0 aliphatic heterocycles. The molecule has 23 heavy (non-hydrogen) atoms. The fraction of sp³-hybridized carbons (Fsp3) is 0.950. The predicted molar refractivity (Wildman–Crippen MR) is 95.3 cm³/mol. The van der Waals surface area contributed by atoms with E-state index in [1.807, 2.05) is 0 Å². The van der Waals surface area contributed by atoms with Gasteiger partial charge in [0, 0.05) is 6.42 Å². The summed E-state index contributed by atoms with van der Waals surface area (Å²) in [5.41, 5.74) is 0. The van der Waals surface area contributed by atoms with Gasteiger partial charge in [0.15, 0.2) is 0 Å². The van der Waals surface area contributed by atoms with Gasteiger partial charge in [-0.2, -0.15) is 0 Å². The number of rotatable bonds is 15.